The zero-order valence-corrected chi connectivity index (χ0v) is 35.4. The van der Waals surface area contributed by atoms with Crippen molar-refractivity contribution in [2.24, 2.45) is 0 Å². The summed E-state index contributed by atoms with van der Waals surface area (Å²) in [6, 6.07) is 80.3. The van der Waals surface area contributed by atoms with Gasteiger partial charge in [-0.25, -0.2) is 0 Å². The fraction of sp³-hybridized carbons (Fsp3) is 0. The molecule has 13 aromatic rings. The van der Waals surface area contributed by atoms with E-state index >= 15 is 0 Å². The van der Waals surface area contributed by atoms with Gasteiger partial charge in [-0.15, -0.1) is 11.3 Å². The van der Waals surface area contributed by atoms with Crippen LogP contribution in [0.15, 0.2) is 233 Å². The highest BCUT2D eigenvalue weighted by Crippen LogP contribution is 2.50. The van der Waals surface area contributed by atoms with Gasteiger partial charge in [0.25, 0.3) is 0 Å². The molecular formula is C60H37NO2S. The molecule has 0 radical (unpaired) electrons. The first-order chi connectivity index (χ1) is 31.7. The summed E-state index contributed by atoms with van der Waals surface area (Å²) >= 11 is 1.86. The summed E-state index contributed by atoms with van der Waals surface area (Å²) in [7, 11) is 0. The van der Waals surface area contributed by atoms with E-state index in [9.17, 15) is 0 Å². The van der Waals surface area contributed by atoms with E-state index in [0.717, 1.165) is 83.2 Å². The van der Waals surface area contributed by atoms with Gasteiger partial charge < -0.3 is 13.7 Å². The number of rotatable bonds is 7. The van der Waals surface area contributed by atoms with Crippen molar-refractivity contribution in [3.63, 3.8) is 0 Å². The Morgan fingerprint density at radius 1 is 0.328 bits per heavy atom. The molecule has 0 aliphatic carbocycles. The number of benzene rings is 10. The zero-order valence-electron chi connectivity index (χ0n) is 34.5. The molecule has 300 valence electrons. The van der Waals surface area contributed by atoms with Gasteiger partial charge in [0.1, 0.15) is 22.3 Å². The molecule has 0 saturated heterocycles. The number of nitrogens with zero attached hydrogens (tertiary/aromatic N) is 1. The van der Waals surface area contributed by atoms with Gasteiger partial charge in [0.15, 0.2) is 0 Å². The largest absolute Gasteiger partial charge is 0.456 e. The maximum atomic E-state index is 7.05. The van der Waals surface area contributed by atoms with Gasteiger partial charge in [-0.05, 0) is 106 Å². The fourth-order valence-corrected chi connectivity index (χ4v) is 10.9. The van der Waals surface area contributed by atoms with E-state index in [2.05, 4.69) is 217 Å². The Labute approximate surface area is 373 Å². The van der Waals surface area contributed by atoms with Crippen LogP contribution in [0.4, 0.5) is 17.1 Å². The van der Waals surface area contributed by atoms with Crippen molar-refractivity contribution in [2.45, 2.75) is 0 Å². The monoisotopic (exact) mass is 835 g/mol. The molecule has 0 bridgehead atoms. The summed E-state index contributed by atoms with van der Waals surface area (Å²) in [5.74, 6) is 0. The van der Waals surface area contributed by atoms with Gasteiger partial charge in [0.2, 0.25) is 0 Å². The molecule has 13 rings (SSSR count). The summed E-state index contributed by atoms with van der Waals surface area (Å²) < 4.78 is 15.9. The smallest absolute Gasteiger partial charge is 0.145 e. The lowest BCUT2D eigenvalue weighted by molar-refractivity contribution is 0.669. The molecule has 64 heavy (non-hydrogen) atoms. The van der Waals surface area contributed by atoms with Crippen LogP contribution in [-0.4, -0.2) is 0 Å². The lowest BCUT2D eigenvalue weighted by Crippen LogP contribution is -2.10. The van der Waals surface area contributed by atoms with Gasteiger partial charge in [0.05, 0.1) is 11.1 Å². The first-order valence-corrected chi connectivity index (χ1v) is 22.5. The second kappa shape index (κ2) is 14.7. The minimum atomic E-state index is 0.847. The number of fused-ring (bicyclic) bond motifs is 9. The predicted molar refractivity (Wildman–Crippen MR) is 270 cm³/mol. The van der Waals surface area contributed by atoms with Crippen molar-refractivity contribution in [3.8, 4) is 44.5 Å². The van der Waals surface area contributed by atoms with E-state index in [1.807, 2.05) is 23.5 Å². The van der Waals surface area contributed by atoms with Crippen LogP contribution in [0.2, 0.25) is 0 Å². The number of anilines is 3. The Kier molecular flexibility index (Phi) is 8.40. The van der Waals surface area contributed by atoms with Crippen LogP contribution in [0.3, 0.4) is 0 Å². The Morgan fingerprint density at radius 2 is 0.938 bits per heavy atom. The number of hydrogen-bond donors (Lipinski definition) is 0. The van der Waals surface area contributed by atoms with Gasteiger partial charge in [0, 0.05) is 58.8 Å². The number of thiophene rings is 1. The molecule has 0 atom stereocenters. The quantitative estimate of drug-likeness (QED) is 0.160. The summed E-state index contributed by atoms with van der Waals surface area (Å²) in [5.41, 5.74) is 15.8. The fourth-order valence-electron chi connectivity index (χ4n) is 9.62. The van der Waals surface area contributed by atoms with Crippen LogP contribution in [0.5, 0.6) is 0 Å². The molecule has 3 aromatic heterocycles. The highest BCUT2D eigenvalue weighted by molar-refractivity contribution is 7.26. The van der Waals surface area contributed by atoms with Gasteiger partial charge in [-0.3, -0.25) is 0 Å². The minimum Gasteiger partial charge on any atom is -0.456 e. The zero-order chi connectivity index (χ0) is 42.1. The van der Waals surface area contributed by atoms with Crippen LogP contribution in [0.25, 0.3) is 109 Å². The Hall–Kier alpha value is -8.18. The van der Waals surface area contributed by atoms with Crippen molar-refractivity contribution in [1.82, 2.24) is 0 Å². The molecule has 0 N–H and O–H groups in total. The van der Waals surface area contributed by atoms with Gasteiger partial charge >= 0.3 is 0 Å². The molecule has 0 aliphatic rings. The van der Waals surface area contributed by atoms with E-state index in [-0.39, 0.29) is 0 Å². The lowest BCUT2D eigenvalue weighted by Gasteiger charge is -2.27. The van der Waals surface area contributed by atoms with Crippen molar-refractivity contribution in [1.29, 1.82) is 0 Å². The second-order valence-corrected chi connectivity index (χ2v) is 17.5. The third-order valence-electron chi connectivity index (χ3n) is 12.7. The topological polar surface area (TPSA) is 29.5 Å². The molecule has 3 nitrogen and oxygen atoms in total. The number of para-hydroxylation sites is 1. The van der Waals surface area contributed by atoms with Crippen LogP contribution >= 0.6 is 11.3 Å². The van der Waals surface area contributed by atoms with Gasteiger partial charge in [-0.2, -0.15) is 0 Å². The van der Waals surface area contributed by atoms with Gasteiger partial charge in [-0.1, -0.05) is 152 Å². The van der Waals surface area contributed by atoms with Crippen molar-refractivity contribution < 1.29 is 8.83 Å². The lowest BCUT2D eigenvalue weighted by atomic mass is 9.96. The average Bonchev–Trinajstić information content (AvgIpc) is 4.06. The standard InChI is InChI=1S/C60H37NO2S/c1-5-15-38(16-6-1)42-25-28-49-56(35-42)63-59-46(40-19-9-3-10-20-40)30-31-53(58(49)59)61(44-27-32-55-51(36-44)47-23-13-14-24-54(47)62-55)45-26-29-48-52-34-43(39-17-7-2-8-18-39)33-50(41-21-11-4-12-22-41)60(52)64-57(48)37-45/h1-37H. The third kappa shape index (κ3) is 5.95. The highest BCUT2D eigenvalue weighted by Gasteiger charge is 2.24. The van der Waals surface area contributed by atoms with Crippen LogP contribution in [0.1, 0.15) is 0 Å². The predicted octanol–water partition coefficient (Wildman–Crippen LogP) is 18.0. The minimum absolute atomic E-state index is 0.847. The van der Waals surface area contributed by atoms with E-state index in [0.29, 0.717) is 0 Å². The molecular weight excluding hydrogens is 799 g/mol. The highest BCUT2D eigenvalue weighted by atomic mass is 32.1. The maximum absolute atomic E-state index is 7.05. The van der Waals surface area contributed by atoms with Crippen molar-refractivity contribution in [3.05, 3.63) is 224 Å². The second-order valence-electron chi connectivity index (χ2n) is 16.4. The summed E-state index contributed by atoms with van der Waals surface area (Å²) in [6.07, 6.45) is 0. The molecule has 0 unspecified atom stereocenters. The van der Waals surface area contributed by atoms with E-state index < -0.39 is 0 Å². The summed E-state index contributed by atoms with van der Waals surface area (Å²) in [4.78, 5) is 2.41. The number of furan rings is 2. The summed E-state index contributed by atoms with van der Waals surface area (Å²) in [6.45, 7) is 0. The molecule has 10 aromatic carbocycles. The van der Waals surface area contributed by atoms with E-state index in [1.54, 1.807) is 0 Å². The maximum Gasteiger partial charge on any atom is 0.145 e. The van der Waals surface area contributed by atoms with Crippen LogP contribution in [0, 0.1) is 0 Å². The summed E-state index contributed by atoms with van der Waals surface area (Å²) in [5, 5.41) is 6.78. The molecule has 0 aliphatic heterocycles. The average molecular weight is 836 g/mol. The first-order valence-electron chi connectivity index (χ1n) is 21.6. The van der Waals surface area contributed by atoms with Crippen LogP contribution < -0.4 is 4.90 Å². The molecule has 3 heterocycles. The van der Waals surface area contributed by atoms with Crippen molar-refractivity contribution in [2.75, 3.05) is 4.90 Å². The number of hydrogen-bond acceptors (Lipinski definition) is 4. The van der Waals surface area contributed by atoms with E-state index in [1.165, 1.54) is 42.4 Å². The third-order valence-corrected chi connectivity index (χ3v) is 13.9. The molecule has 0 fully saturated rings. The molecule has 4 heteroatoms. The molecule has 0 saturated carbocycles. The SMILES string of the molecule is c1ccc(-c2ccc3c(c2)oc2c(-c4ccccc4)ccc(N(c4ccc5c(c4)sc4c(-c6ccccc6)cc(-c6ccccc6)cc45)c4ccc5oc6ccccc6c5c4)c23)cc1. The Balaban J connectivity index is 1.08. The van der Waals surface area contributed by atoms with Crippen LogP contribution in [-0.2, 0) is 0 Å². The first kappa shape index (κ1) is 36.5. The Bertz CT molecular complexity index is 3890. The van der Waals surface area contributed by atoms with Crippen molar-refractivity contribution >= 4 is 92.4 Å². The molecule has 0 amide bonds. The Morgan fingerprint density at radius 3 is 1.69 bits per heavy atom. The molecule has 0 spiro atoms. The normalized spacial score (nSPS) is 11.8. The van der Waals surface area contributed by atoms with E-state index in [4.69, 9.17) is 8.83 Å².